The van der Waals surface area contributed by atoms with Crippen LogP contribution in [0.3, 0.4) is 0 Å². The van der Waals surface area contributed by atoms with E-state index in [1.54, 1.807) is 29.2 Å². The number of rotatable bonds is 3. The van der Waals surface area contributed by atoms with Crippen molar-refractivity contribution >= 4 is 22.8 Å². The highest BCUT2D eigenvalue weighted by atomic mass is 32.1. The molecule has 0 aliphatic rings. The van der Waals surface area contributed by atoms with Gasteiger partial charge in [0, 0.05) is 18.6 Å². The first-order valence-corrected chi connectivity index (χ1v) is 6.33. The van der Waals surface area contributed by atoms with Gasteiger partial charge in [-0.2, -0.15) is 0 Å². The molecule has 0 spiro atoms. The summed E-state index contributed by atoms with van der Waals surface area (Å²) in [7, 11) is 0. The van der Waals surface area contributed by atoms with Crippen molar-refractivity contribution in [3.8, 4) is 10.6 Å². The normalized spacial score (nSPS) is 10.2. The predicted molar refractivity (Wildman–Crippen MR) is 72.9 cm³/mol. The van der Waals surface area contributed by atoms with Crippen LogP contribution in [0.5, 0.6) is 0 Å². The van der Waals surface area contributed by atoms with Gasteiger partial charge in [0.25, 0.3) is 0 Å². The SMILES string of the molecule is c1ccc(Nc2cccnc2-c2cncs2)nc1. The number of pyridine rings is 2. The minimum atomic E-state index is 0.802. The molecule has 88 valence electrons. The van der Waals surface area contributed by atoms with Crippen molar-refractivity contribution in [1.82, 2.24) is 15.0 Å². The highest BCUT2D eigenvalue weighted by Gasteiger charge is 2.07. The van der Waals surface area contributed by atoms with Gasteiger partial charge in [0.1, 0.15) is 11.5 Å². The summed E-state index contributed by atoms with van der Waals surface area (Å²) in [4.78, 5) is 13.8. The van der Waals surface area contributed by atoms with Crippen molar-refractivity contribution in [2.45, 2.75) is 0 Å². The van der Waals surface area contributed by atoms with E-state index in [9.17, 15) is 0 Å². The maximum atomic E-state index is 4.40. The topological polar surface area (TPSA) is 50.7 Å². The monoisotopic (exact) mass is 254 g/mol. The minimum absolute atomic E-state index is 0.802. The van der Waals surface area contributed by atoms with Crippen molar-refractivity contribution in [3.05, 3.63) is 54.4 Å². The zero-order valence-corrected chi connectivity index (χ0v) is 10.3. The lowest BCUT2D eigenvalue weighted by molar-refractivity contribution is 1.28. The zero-order valence-electron chi connectivity index (χ0n) is 9.45. The average molecular weight is 254 g/mol. The summed E-state index contributed by atoms with van der Waals surface area (Å²) in [5, 5.41) is 3.27. The molecule has 18 heavy (non-hydrogen) atoms. The number of nitrogens with zero attached hydrogens (tertiary/aromatic N) is 3. The zero-order chi connectivity index (χ0) is 12.2. The van der Waals surface area contributed by atoms with E-state index in [2.05, 4.69) is 20.3 Å². The summed E-state index contributed by atoms with van der Waals surface area (Å²) in [6, 6.07) is 9.63. The Balaban J connectivity index is 1.98. The van der Waals surface area contributed by atoms with E-state index >= 15 is 0 Å². The van der Waals surface area contributed by atoms with Crippen LogP contribution in [-0.2, 0) is 0 Å². The number of aromatic nitrogens is 3. The fourth-order valence-corrected chi connectivity index (χ4v) is 2.24. The molecule has 0 radical (unpaired) electrons. The van der Waals surface area contributed by atoms with E-state index < -0.39 is 0 Å². The van der Waals surface area contributed by atoms with Gasteiger partial charge in [-0.05, 0) is 24.3 Å². The smallest absolute Gasteiger partial charge is 0.130 e. The highest BCUT2D eigenvalue weighted by Crippen LogP contribution is 2.29. The van der Waals surface area contributed by atoms with Gasteiger partial charge >= 0.3 is 0 Å². The molecule has 5 heteroatoms. The molecular weight excluding hydrogens is 244 g/mol. The van der Waals surface area contributed by atoms with Crippen molar-refractivity contribution < 1.29 is 0 Å². The van der Waals surface area contributed by atoms with Crippen molar-refractivity contribution in [1.29, 1.82) is 0 Å². The molecule has 3 heterocycles. The van der Waals surface area contributed by atoms with Gasteiger partial charge in [-0.1, -0.05) is 6.07 Å². The number of hydrogen-bond acceptors (Lipinski definition) is 5. The van der Waals surface area contributed by atoms with Crippen LogP contribution in [0.2, 0.25) is 0 Å². The molecule has 0 unspecified atom stereocenters. The summed E-state index contributed by atoms with van der Waals surface area (Å²) in [5.74, 6) is 0.802. The van der Waals surface area contributed by atoms with Crippen LogP contribution in [0.15, 0.2) is 54.4 Å². The third kappa shape index (κ3) is 2.21. The Bertz CT molecular complexity index is 623. The molecule has 0 fully saturated rings. The van der Waals surface area contributed by atoms with E-state index in [0.717, 1.165) is 22.1 Å². The van der Waals surface area contributed by atoms with Gasteiger partial charge in [0.15, 0.2) is 0 Å². The Morgan fingerprint density at radius 1 is 1.00 bits per heavy atom. The third-order valence-electron chi connectivity index (χ3n) is 2.40. The predicted octanol–water partition coefficient (Wildman–Crippen LogP) is 3.34. The van der Waals surface area contributed by atoms with E-state index in [0.29, 0.717) is 0 Å². The minimum Gasteiger partial charge on any atom is -0.338 e. The first-order chi connectivity index (χ1) is 8.93. The summed E-state index contributed by atoms with van der Waals surface area (Å²) < 4.78 is 0. The maximum Gasteiger partial charge on any atom is 0.130 e. The first-order valence-electron chi connectivity index (χ1n) is 5.45. The lowest BCUT2D eigenvalue weighted by Gasteiger charge is -2.08. The van der Waals surface area contributed by atoms with Crippen molar-refractivity contribution in [3.63, 3.8) is 0 Å². The molecular formula is C13H10N4S. The van der Waals surface area contributed by atoms with E-state index in [-0.39, 0.29) is 0 Å². The fourth-order valence-electron chi connectivity index (χ4n) is 1.61. The first kappa shape index (κ1) is 10.9. The number of hydrogen-bond donors (Lipinski definition) is 1. The molecule has 0 saturated heterocycles. The Kier molecular flexibility index (Phi) is 2.97. The van der Waals surface area contributed by atoms with Crippen LogP contribution in [-0.4, -0.2) is 15.0 Å². The molecule has 0 saturated carbocycles. The van der Waals surface area contributed by atoms with E-state index in [1.165, 1.54) is 0 Å². The van der Waals surface area contributed by atoms with Gasteiger partial charge in [0.2, 0.25) is 0 Å². The van der Waals surface area contributed by atoms with Gasteiger partial charge in [-0.3, -0.25) is 9.97 Å². The summed E-state index contributed by atoms with van der Waals surface area (Å²) in [6.07, 6.45) is 5.35. The maximum absolute atomic E-state index is 4.40. The van der Waals surface area contributed by atoms with Crippen molar-refractivity contribution in [2.75, 3.05) is 5.32 Å². The number of thiazole rings is 1. The van der Waals surface area contributed by atoms with Crippen LogP contribution in [0, 0.1) is 0 Å². The molecule has 3 rings (SSSR count). The Labute approximate surface area is 108 Å². The molecule has 3 aromatic heterocycles. The van der Waals surface area contributed by atoms with Gasteiger partial charge < -0.3 is 5.32 Å². The quantitative estimate of drug-likeness (QED) is 0.778. The Hall–Kier alpha value is -2.27. The van der Waals surface area contributed by atoms with Gasteiger partial charge in [-0.15, -0.1) is 11.3 Å². The lowest BCUT2D eigenvalue weighted by atomic mass is 10.2. The van der Waals surface area contributed by atoms with Gasteiger partial charge in [0.05, 0.1) is 16.1 Å². The van der Waals surface area contributed by atoms with Crippen LogP contribution >= 0.6 is 11.3 Å². The molecule has 0 atom stereocenters. The van der Waals surface area contributed by atoms with Crippen LogP contribution in [0.4, 0.5) is 11.5 Å². The summed E-state index contributed by atoms with van der Waals surface area (Å²) in [6.45, 7) is 0. The molecule has 0 aliphatic heterocycles. The molecule has 0 aliphatic carbocycles. The molecule has 1 N–H and O–H groups in total. The standard InChI is InChI=1S/C13H10N4S/c1-2-6-15-12(5-1)17-10-4-3-7-16-13(10)11-8-14-9-18-11/h1-9H,(H,15,17). The Morgan fingerprint density at radius 2 is 1.94 bits per heavy atom. The Morgan fingerprint density at radius 3 is 2.72 bits per heavy atom. The van der Waals surface area contributed by atoms with E-state index in [1.807, 2.05) is 36.5 Å². The fraction of sp³-hybridized carbons (Fsp3) is 0. The molecule has 0 amide bonds. The molecule has 0 bridgehead atoms. The molecule has 0 aromatic carbocycles. The summed E-state index contributed by atoms with van der Waals surface area (Å²) >= 11 is 1.57. The lowest BCUT2D eigenvalue weighted by Crippen LogP contribution is -1.95. The third-order valence-corrected chi connectivity index (χ3v) is 3.18. The van der Waals surface area contributed by atoms with Gasteiger partial charge in [-0.25, -0.2) is 4.98 Å². The highest BCUT2D eigenvalue weighted by molar-refractivity contribution is 7.13. The number of anilines is 2. The van der Waals surface area contributed by atoms with Crippen LogP contribution in [0.1, 0.15) is 0 Å². The average Bonchev–Trinajstić information content (AvgIpc) is 2.94. The second-order valence-electron chi connectivity index (χ2n) is 3.61. The van der Waals surface area contributed by atoms with Crippen LogP contribution < -0.4 is 5.32 Å². The number of nitrogens with one attached hydrogen (secondary N) is 1. The molecule has 3 aromatic rings. The van der Waals surface area contributed by atoms with Crippen molar-refractivity contribution in [2.24, 2.45) is 0 Å². The van der Waals surface area contributed by atoms with E-state index in [4.69, 9.17) is 0 Å². The second kappa shape index (κ2) is 4.93. The summed E-state index contributed by atoms with van der Waals surface area (Å²) in [5.41, 5.74) is 3.63. The second-order valence-corrected chi connectivity index (χ2v) is 4.49. The van der Waals surface area contributed by atoms with Crippen LogP contribution in [0.25, 0.3) is 10.6 Å². The molecule has 4 nitrogen and oxygen atoms in total. The largest absolute Gasteiger partial charge is 0.338 e.